The molecule has 0 aliphatic carbocycles. The molecule has 0 radical (unpaired) electrons. The number of ether oxygens (including phenoxy) is 1. The predicted octanol–water partition coefficient (Wildman–Crippen LogP) is 5.70. The molecule has 0 saturated carbocycles. The van der Waals surface area contributed by atoms with E-state index < -0.39 is 59.0 Å². The monoisotopic (exact) mass is 721 g/mol. The SMILES string of the molecule is COc1cc(S(=O)(=O)O)c(N=Nc2c(SOOO)cc3cc(Nc4nc(F)nc(Nc5ccccc5)n4)ccc3c2O)cc1S(=O)(=O)O. The highest BCUT2D eigenvalue weighted by atomic mass is 32.2. The van der Waals surface area contributed by atoms with E-state index in [1.54, 1.807) is 30.3 Å². The number of para-hydroxylation sites is 1. The number of halogens is 1. The van der Waals surface area contributed by atoms with Gasteiger partial charge in [-0.15, -0.1) is 14.6 Å². The third-order valence-corrected chi connectivity index (χ3v) is 8.54. The van der Waals surface area contributed by atoms with Crippen molar-refractivity contribution in [3.63, 3.8) is 0 Å². The molecule has 5 aromatic rings. The zero-order valence-corrected chi connectivity index (χ0v) is 26.3. The quantitative estimate of drug-likeness (QED) is 0.0296. The fourth-order valence-electron chi connectivity index (χ4n) is 4.16. The van der Waals surface area contributed by atoms with E-state index in [-0.39, 0.29) is 22.2 Å². The summed E-state index contributed by atoms with van der Waals surface area (Å²) in [5, 5.41) is 37.1. The Morgan fingerprint density at radius 1 is 0.833 bits per heavy atom. The number of rotatable bonds is 12. The largest absolute Gasteiger partial charge is 0.505 e. The highest BCUT2D eigenvalue weighted by Crippen LogP contribution is 2.45. The van der Waals surface area contributed by atoms with Gasteiger partial charge in [-0.25, -0.2) is 5.26 Å². The van der Waals surface area contributed by atoms with Gasteiger partial charge in [0.15, 0.2) is 5.75 Å². The van der Waals surface area contributed by atoms with Crippen LogP contribution in [0.25, 0.3) is 10.8 Å². The predicted molar refractivity (Wildman–Crippen MR) is 166 cm³/mol. The molecule has 1 aromatic heterocycles. The average molecular weight is 722 g/mol. The van der Waals surface area contributed by atoms with Gasteiger partial charge in [-0.2, -0.15) is 36.2 Å². The van der Waals surface area contributed by atoms with Gasteiger partial charge in [0.2, 0.25) is 11.9 Å². The molecule has 5 rings (SSSR count). The maximum absolute atomic E-state index is 14.2. The number of fused-ring (bicyclic) bond motifs is 1. The Hall–Kier alpha value is -5.07. The van der Waals surface area contributed by atoms with E-state index in [1.807, 2.05) is 0 Å². The van der Waals surface area contributed by atoms with Crippen molar-refractivity contribution >= 4 is 77.7 Å². The maximum atomic E-state index is 14.2. The van der Waals surface area contributed by atoms with Gasteiger partial charge >= 0.3 is 6.08 Å². The first kappa shape index (κ1) is 34.3. The summed E-state index contributed by atoms with van der Waals surface area (Å²) < 4.78 is 90.7. The summed E-state index contributed by atoms with van der Waals surface area (Å²) in [6, 6.07) is 15.7. The van der Waals surface area contributed by atoms with Crippen molar-refractivity contribution in [1.29, 1.82) is 0 Å². The summed E-state index contributed by atoms with van der Waals surface area (Å²) in [5.74, 6) is -1.44. The average Bonchev–Trinajstić information content (AvgIpc) is 3.02. The van der Waals surface area contributed by atoms with Crippen molar-refractivity contribution in [1.82, 2.24) is 15.0 Å². The van der Waals surface area contributed by atoms with Crippen LogP contribution >= 0.6 is 12.0 Å². The highest BCUT2D eigenvalue weighted by molar-refractivity contribution is 7.94. The fraction of sp³-hybridized carbons (Fsp3) is 0.0385. The molecule has 0 amide bonds. The van der Waals surface area contributed by atoms with Gasteiger partial charge in [0.05, 0.1) is 24.0 Å². The van der Waals surface area contributed by atoms with Gasteiger partial charge in [-0.3, -0.25) is 9.11 Å². The number of phenolic OH excluding ortho intramolecular Hbond substituents is 1. The number of azo groups is 1. The smallest absolute Gasteiger partial charge is 0.315 e. The number of methoxy groups -OCH3 is 1. The number of phenols is 1. The molecule has 4 aromatic carbocycles. The minimum absolute atomic E-state index is 0.0813. The van der Waals surface area contributed by atoms with Crippen molar-refractivity contribution in [2.45, 2.75) is 14.7 Å². The minimum atomic E-state index is -5.06. The molecule has 0 saturated heterocycles. The molecule has 48 heavy (non-hydrogen) atoms. The van der Waals surface area contributed by atoms with Crippen molar-refractivity contribution in [3.8, 4) is 11.5 Å². The lowest BCUT2D eigenvalue weighted by atomic mass is 10.1. The van der Waals surface area contributed by atoms with E-state index in [2.05, 4.69) is 45.2 Å². The number of anilines is 4. The van der Waals surface area contributed by atoms with Gasteiger partial charge < -0.3 is 20.5 Å². The number of aromatic hydroxyl groups is 1. The van der Waals surface area contributed by atoms with E-state index in [0.717, 1.165) is 7.11 Å². The Kier molecular flexibility index (Phi) is 9.97. The van der Waals surface area contributed by atoms with Gasteiger partial charge in [-0.05, 0) is 47.9 Å². The lowest BCUT2D eigenvalue weighted by Crippen LogP contribution is -2.06. The molecule has 6 N–H and O–H groups in total. The van der Waals surface area contributed by atoms with Gasteiger partial charge in [-0.1, -0.05) is 23.2 Å². The molecule has 0 atom stereocenters. The summed E-state index contributed by atoms with van der Waals surface area (Å²) in [6.07, 6.45) is -1.07. The van der Waals surface area contributed by atoms with Crippen LogP contribution < -0.4 is 15.4 Å². The molecular formula is C26H20FN7O11S3. The van der Waals surface area contributed by atoms with Gasteiger partial charge in [0.1, 0.15) is 26.9 Å². The number of aromatic nitrogens is 3. The first-order chi connectivity index (χ1) is 22.8. The lowest BCUT2D eigenvalue weighted by Gasteiger charge is -2.12. The highest BCUT2D eigenvalue weighted by Gasteiger charge is 2.26. The fourth-order valence-corrected chi connectivity index (χ4v) is 5.94. The van der Waals surface area contributed by atoms with Crippen molar-refractivity contribution in [3.05, 3.63) is 72.8 Å². The first-order valence-electron chi connectivity index (χ1n) is 12.8. The second-order valence-corrected chi connectivity index (χ2v) is 12.7. The summed E-state index contributed by atoms with van der Waals surface area (Å²) in [7, 11) is -9.05. The molecule has 0 fully saturated rings. The third kappa shape index (κ3) is 7.89. The van der Waals surface area contributed by atoms with Crippen LogP contribution in [0.4, 0.5) is 39.0 Å². The molecule has 0 spiro atoms. The normalized spacial score (nSPS) is 12.0. The molecule has 0 aliphatic heterocycles. The third-order valence-electron chi connectivity index (χ3n) is 6.16. The summed E-state index contributed by atoms with van der Waals surface area (Å²) >= 11 is 0.328. The zero-order chi connectivity index (χ0) is 34.6. The molecule has 18 nitrogen and oxygen atoms in total. The van der Waals surface area contributed by atoms with Crippen molar-refractivity contribution in [2.75, 3.05) is 17.7 Å². The van der Waals surface area contributed by atoms with Crippen LogP contribution in [0.2, 0.25) is 0 Å². The molecule has 1 heterocycles. The number of hydrogen-bond acceptors (Lipinski definition) is 17. The molecule has 250 valence electrons. The number of benzene rings is 4. The molecular weight excluding hydrogens is 702 g/mol. The summed E-state index contributed by atoms with van der Waals surface area (Å²) in [5.41, 5.74) is -0.253. The van der Waals surface area contributed by atoms with Crippen LogP contribution in [0, 0.1) is 6.08 Å². The first-order valence-corrected chi connectivity index (χ1v) is 16.4. The number of nitrogens with one attached hydrogen (secondary N) is 2. The topological polar surface area (TPSA) is 264 Å². The van der Waals surface area contributed by atoms with E-state index in [1.165, 1.54) is 24.3 Å². The van der Waals surface area contributed by atoms with Crippen LogP contribution in [0.1, 0.15) is 0 Å². The minimum Gasteiger partial charge on any atom is -0.505 e. The molecule has 0 bridgehead atoms. The van der Waals surface area contributed by atoms with Crippen LogP contribution in [0.5, 0.6) is 11.5 Å². The van der Waals surface area contributed by atoms with Crippen LogP contribution in [-0.2, 0) is 29.6 Å². The van der Waals surface area contributed by atoms with Gasteiger partial charge in [0, 0.05) is 22.8 Å². The molecule has 0 aliphatic rings. The van der Waals surface area contributed by atoms with E-state index in [4.69, 9.17) is 9.99 Å². The molecule has 0 unspecified atom stereocenters. The van der Waals surface area contributed by atoms with E-state index >= 15 is 0 Å². The number of nitrogens with zero attached hydrogens (tertiary/aromatic N) is 5. The van der Waals surface area contributed by atoms with Crippen LogP contribution in [-0.4, -0.2) is 58.4 Å². The second-order valence-electron chi connectivity index (χ2n) is 9.22. The van der Waals surface area contributed by atoms with Gasteiger partial charge in [0.25, 0.3) is 20.2 Å². The lowest BCUT2D eigenvalue weighted by molar-refractivity contribution is -0.432. The summed E-state index contributed by atoms with van der Waals surface area (Å²) in [4.78, 5) is 9.48. The standard InChI is InChI=1S/C26H20FN7O11S3/c1-43-18-12-20(47(37,38)39)17(11-21(18)48(40,41)42)33-34-22-19(46-45-44-36)10-13-9-15(7-8-16(13)23(22)35)29-26-31-24(27)30-25(32-26)28-14-5-3-2-4-6-14/h2-12,35-36H,1H3,(H,37,38,39)(H,40,41,42)(H2,28,29,30,31,32). The Morgan fingerprint density at radius 2 is 1.50 bits per heavy atom. The second kappa shape index (κ2) is 14.0. The Morgan fingerprint density at radius 3 is 2.12 bits per heavy atom. The van der Waals surface area contributed by atoms with Crippen LogP contribution in [0.15, 0.2) is 91.6 Å². The Balaban J connectivity index is 1.55. The Labute approximate surface area is 273 Å². The maximum Gasteiger partial charge on any atom is 0.315 e. The van der Waals surface area contributed by atoms with Crippen molar-refractivity contribution in [2.24, 2.45) is 10.2 Å². The van der Waals surface area contributed by atoms with E-state index in [9.17, 15) is 35.4 Å². The van der Waals surface area contributed by atoms with Crippen molar-refractivity contribution < 1.29 is 54.8 Å². The summed E-state index contributed by atoms with van der Waals surface area (Å²) in [6.45, 7) is 0. The van der Waals surface area contributed by atoms with Crippen LogP contribution in [0.3, 0.4) is 0 Å². The number of hydrogen-bond donors (Lipinski definition) is 6. The zero-order valence-electron chi connectivity index (χ0n) is 23.8. The Bertz CT molecular complexity index is 2260. The van der Waals surface area contributed by atoms with E-state index in [0.29, 0.717) is 40.9 Å². The molecule has 22 heteroatoms.